The molecule has 3 aromatic rings. The third kappa shape index (κ3) is 5.20. The third-order valence-electron chi connectivity index (χ3n) is 5.81. The van der Waals surface area contributed by atoms with Gasteiger partial charge in [-0.3, -0.25) is 4.79 Å². The molecule has 0 saturated carbocycles. The number of rotatable bonds is 6. The summed E-state index contributed by atoms with van der Waals surface area (Å²) in [6, 6.07) is 15.8. The van der Waals surface area contributed by atoms with Crippen LogP contribution in [0.2, 0.25) is 0 Å². The van der Waals surface area contributed by atoms with Crippen molar-refractivity contribution >= 4 is 5.91 Å². The van der Waals surface area contributed by atoms with Crippen LogP contribution in [-0.2, 0) is 5.41 Å². The smallest absolute Gasteiger partial charge is 0.273 e. The number of likely N-dealkylation sites (N-methyl/N-ethyl adjacent to an activating group) is 1. The van der Waals surface area contributed by atoms with Crippen LogP contribution in [0.4, 0.5) is 0 Å². The minimum Gasteiger partial charge on any atom is -0.486 e. The number of nitrogens with one attached hydrogen (secondary N) is 1. The lowest BCUT2D eigenvalue weighted by molar-refractivity contribution is 0.0933. The molecule has 0 fully saturated rings. The summed E-state index contributed by atoms with van der Waals surface area (Å²) in [6.07, 6.45) is 0. The van der Waals surface area contributed by atoms with Gasteiger partial charge in [-0.25, -0.2) is 0 Å². The van der Waals surface area contributed by atoms with E-state index in [2.05, 4.69) is 60.4 Å². The lowest BCUT2D eigenvalue weighted by atomic mass is 9.86. The maximum Gasteiger partial charge on any atom is 0.273 e. The fourth-order valence-electron chi connectivity index (χ4n) is 3.80. The van der Waals surface area contributed by atoms with Crippen LogP contribution in [0.25, 0.3) is 11.3 Å². The lowest BCUT2D eigenvalue weighted by Gasteiger charge is -2.26. The van der Waals surface area contributed by atoms with Crippen molar-refractivity contribution in [1.29, 1.82) is 0 Å². The number of carbonyl (C=O) groups excluding carboxylic acids is 1. The number of amides is 1. The number of hydrogen-bond donors (Lipinski definition) is 1. The molecular weight excluding hydrogens is 418 g/mol. The van der Waals surface area contributed by atoms with E-state index in [-0.39, 0.29) is 23.1 Å². The van der Waals surface area contributed by atoms with Crippen molar-refractivity contribution in [1.82, 2.24) is 15.4 Å². The molecule has 2 heterocycles. The standard InChI is InChI=1S/C26H31N3O4/c1-26(2,3)19-9-6-17(7-10-19)21(29(4)5)16-27-25(30)20-15-23(33-28-20)18-8-11-22-24(14-18)32-13-12-31-22/h6-11,14-15,21H,12-13,16H2,1-5H3,(H,27,30)/t21-/m0/s1. The molecule has 1 aliphatic heterocycles. The van der Waals surface area contributed by atoms with Gasteiger partial charge in [0.25, 0.3) is 5.91 Å². The van der Waals surface area contributed by atoms with Crippen molar-refractivity contribution < 1.29 is 18.8 Å². The summed E-state index contributed by atoms with van der Waals surface area (Å²) in [5.74, 6) is 1.58. The topological polar surface area (TPSA) is 76.8 Å². The predicted octanol–water partition coefficient (Wildman–Crippen LogP) is 4.44. The average Bonchev–Trinajstić information content (AvgIpc) is 3.29. The Morgan fingerprint density at radius 2 is 1.73 bits per heavy atom. The van der Waals surface area contributed by atoms with Crippen molar-refractivity contribution in [2.45, 2.75) is 32.2 Å². The summed E-state index contributed by atoms with van der Waals surface area (Å²) in [4.78, 5) is 14.9. The zero-order chi connectivity index (χ0) is 23.6. The van der Waals surface area contributed by atoms with Gasteiger partial charge in [0.05, 0.1) is 6.04 Å². The second-order valence-electron chi connectivity index (χ2n) is 9.50. The lowest BCUT2D eigenvalue weighted by Crippen LogP contribution is -2.34. The fourth-order valence-corrected chi connectivity index (χ4v) is 3.80. The Morgan fingerprint density at radius 3 is 2.39 bits per heavy atom. The summed E-state index contributed by atoms with van der Waals surface area (Å²) < 4.78 is 16.6. The largest absolute Gasteiger partial charge is 0.486 e. The highest BCUT2D eigenvalue weighted by Crippen LogP contribution is 2.34. The predicted molar refractivity (Wildman–Crippen MR) is 127 cm³/mol. The van der Waals surface area contributed by atoms with Crippen molar-refractivity contribution in [3.8, 4) is 22.8 Å². The molecule has 1 amide bonds. The van der Waals surface area contributed by atoms with Crippen LogP contribution in [-0.4, -0.2) is 49.8 Å². The average molecular weight is 450 g/mol. The molecule has 0 spiro atoms. The second kappa shape index (κ2) is 9.27. The van der Waals surface area contributed by atoms with Crippen LogP contribution in [0, 0.1) is 0 Å². The van der Waals surface area contributed by atoms with E-state index in [1.54, 1.807) is 6.07 Å². The molecule has 7 heteroatoms. The molecule has 33 heavy (non-hydrogen) atoms. The van der Waals surface area contributed by atoms with Crippen molar-refractivity contribution in [2.24, 2.45) is 0 Å². The molecule has 2 aromatic carbocycles. The van der Waals surface area contributed by atoms with Crippen LogP contribution in [0.1, 0.15) is 48.4 Å². The van der Waals surface area contributed by atoms with Crippen LogP contribution in [0.5, 0.6) is 11.5 Å². The molecule has 174 valence electrons. The van der Waals surface area contributed by atoms with Crippen LogP contribution >= 0.6 is 0 Å². The highest BCUT2D eigenvalue weighted by atomic mass is 16.6. The Kier molecular flexibility index (Phi) is 6.42. The number of carbonyl (C=O) groups is 1. The number of hydrogen-bond acceptors (Lipinski definition) is 6. The quantitative estimate of drug-likeness (QED) is 0.599. The maximum absolute atomic E-state index is 12.8. The molecule has 0 bridgehead atoms. The molecule has 1 aromatic heterocycles. The Bertz CT molecular complexity index is 1110. The SMILES string of the molecule is CN(C)[C@@H](CNC(=O)c1cc(-c2ccc3c(c2)OCCO3)on1)c1ccc(C(C)(C)C)cc1. The Labute approximate surface area is 194 Å². The van der Waals surface area contributed by atoms with Crippen molar-refractivity contribution in [3.63, 3.8) is 0 Å². The first-order valence-electron chi connectivity index (χ1n) is 11.1. The molecule has 1 atom stereocenters. The minimum absolute atomic E-state index is 0.0344. The number of benzene rings is 2. The number of aromatic nitrogens is 1. The van der Waals surface area contributed by atoms with E-state index in [0.29, 0.717) is 37.0 Å². The summed E-state index contributed by atoms with van der Waals surface area (Å²) in [7, 11) is 4.01. The van der Waals surface area contributed by atoms with E-state index < -0.39 is 0 Å². The Morgan fingerprint density at radius 1 is 1.03 bits per heavy atom. The van der Waals surface area contributed by atoms with Crippen molar-refractivity contribution in [2.75, 3.05) is 33.9 Å². The van der Waals surface area contributed by atoms with Crippen molar-refractivity contribution in [3.05, 3.63) is 65.4 Å². The summed E-state index contributed by atoms with van der Waals surface area (Å²) in [5, 5.41) is 6.96. The molecule has 0 saturated heterocycles. The van der Waals surface area contributed by atoms with E-state index in [9.17, 15) is 4.79 Å². The zero-order valence-corrected chi connectivity index (χ0v) is 19.8. The van der Waals surface area contributed by atoms with E-state index >= 15 is 0 Å². The van der Waals surface area contributed by atoms with Gasteiger partial charge in [0, 0.05) is 18.2 Å². The van der Waals surface area contributed by atoms with E-state index in [0.717, 1.165) is 11.1 Å². The zero-order valence-electron chi connectivity index (χ0n) is 19.8. The van der Waals surface area contributed by atoms with E-state index in [1.807, 2.05) is 32.3 Å². The Balaban J connectivity index is 1.43. The number of ether oxygens (including phenoxy) is 2. The van der Waals surface area contributed by atoms with Gasteiger partial charge in [0.1, 0.15) is 13.2 Å². The fraction of sp³-hybridized carbons (Fsp3) is 0.385. The highest BCUT2D eigenvalue weighted by Gasteiger charge is 2.21. The maximum atomic E-state index is 12.8. The highest BCUT2D eigenvalue weighted by molar-refractivity contribution is 5.93. The van der Waals surface area contributed by atoms with Gasteiger partial charge < -0.3 is 24.2 Å². The van der Waals surface area contributed by atoms with E-state index in [4.69, 9.17) is 14.0 Å². The molecule has 4 rings (SSSR count). The molecule has 0 unspecified atom stereocenters. The number of fused-ring (bicyclic) bond motifs is 1. The molecule has 7 nitrogen and oxygen atoms in total. The first kappa shape index (κ1) is 22.9. The first-order chi connectivity index (χ1) is 15.7. The molecule has 0 radical (unpaired) electrons. The van der Waals surface area contributed by atoms with Gasteiger partial charge in [-0.05, 0) is 48.8 Å². The monoisotopic (exact) mass is 449 g/mol. The minimum atomic E-state index is -0.277. The van der Waals surface area contributed by atoms with Gasteiger partial charge in [-0.2, -0.15) is 0 Å². The molecule has 1 aliphatic rings. The second-order valence-corrected chi connectivity index (χ2v) is 9.50. The van der Waals surface area contributed by atoms with Crippen LogP contribution < -0.4 is 14.8 Å². The summed E-state index contributed by atoms with van der Waals surface area (Å²) in [6.45, 7) is 8.08. The van der Waals surface area contributed by atoms with Gasteiger partial charge >= 0.3 is 0 Å². The summed E-state index contributed by atoms with van der Waals surface area (Å²) in [5.41, 5.74) is 3.53. The molecular formula is C26H31N3O4. The first-order valence-corrected chi connectivity index (χ1v) is 11.1. The van der Waals surface area contributed by atoms with Crippen LogP contribution in [0.3, 0.4) is 0 Å². The third-order valence-corrected chi connectivity index (χ3v) is 5.81. The Hall–Kier alpha value is -3.32. The van der Waals surface area contributed by atoms with Gasteiger partial charge in [0.15, 0.2) is 23.0 Å². The number of nitrogens with zero attached hydrogens (tertiary/aromatic N) is 2. The molecule has 0 aliphatic carbocycles. The van der Waals surface area contributed by atoms with Gasteiger partial charge in [0.2, 0.25) is 0 Å². The normalized spacial score (nSPS) is 14.2. The van der Waals surface area contributed by atoms with Crippen LogP contribution in [0.15, 0.2) is 53.1 Å². The van der Waals surface area contributed by atoms with Gasteiger partial charge in [-0.1, -0.05) is 50.2 Å². The summed E-state index contributed by atoms with van der Waals surface area (Å²) >= 11 is 0. The van der Waals surface area contributed by atoms with E-state index in [1.165, 1.54) is 5.56 Å². The molecule has 1 N–H and O–H groups in total. The van der Waals surface area contributed by atoms with Gasteiger partial charge in [-0.15, -0.1) is 0 Å².